The van der Waals surface area contributed by atoms with E-state index in [2.05, 4.69) is 51.7 Å². The summed E-state index contributed by atoms with van der Waals surface area (Å²) < 4.78 is 7.91. The molecular formula is C21H31N5O. The summed E-state index contributed by atoms with van der Waals surface area (Å²) in [6.07, 6.45) is 10.6. The van der Waals surface area contributed by atoms with E-state index in [9.17, 15) is 0 Å². The monoisotopic (exact) mass is 369 g/mol. The average molecular weight is 370 g/mol. The molecule has 0 aliphatic carbocycles. The Morgan fingerprint density at radius 1 is 1.41 bits per heavy atom. The molecule has 0 aliphatic heterocycles. The summed E-state index contributed by atoms with van der Waals surface area (Å²) in [5.74, 6) is 2.69. The Labute approximate surface area is 162 Å². The van der Waals surface area contributed by atoms with E-state index in [4.69, 9.17) is 4.74 Å². The number of ether oxygens (including phenoxy) is 1. The first-order chi connectivity index (χ1) is 13.2. The summed E-state index contributed by atoms with van der Waals surface area (Å²) in [4.78, 5) is 9.20. The van der Waals surface area contributed by atoms with Gasteiger partial charge in [-0.3, -0.25) is 0 Å². The number of pyridine rings is 1. The zero-order chi connectivity index (χ0) is 19.5. The fourth-order valence-corrected chi connectivity index (χ4v) is 2.84. The second kappa shape index (κ2) is 11.1. The molecule has 0 bridgehead atoms. The van der Waals surface area contributed by atoms with Crippen molar-refractivity contribution in [2.24, 2.45) is 0 Å². The zero-order valence-corrected chi connectivity index (χ0v) is 16.6. The molecule has 2 aromatic heterocycles. The van der Waals surface area contributed by atoms with Gasteiger partial charge in [0.15, 0.2) is 5.82 Å². The molecule has 0 aliphatic rings. The molecule has 1 atom stereocenters. The molecule has 0 saturated carbocycles. The van der Waals surface area contributed by atoms with Crippen molar-refractivity contribution in [1.82, 2.24) is 19.9 Å². The largest absolute Gasteiger partial charge is 0.499 e. The first-order valence-corrected chi connectivity index (χ1v) is 9.53. The molecule has 146 valence electrons. The van der Waals surface area contributed by atoms with Gasteiger partial charge >= 0.3 is 0 Å². The smallest absolute Gasteiger partial charge is 0.158 e. The van der Waals surface area contributed by atoms with E-state index in [1.54, 1.807) is 6.20 Å². The molecule has 0 radical (unpaired) electrons. The van der Waals surface area contributed by atoms with Gasteiger partial charge in [0.2, 0.25) is 0 Å². The van der Waals surface area contributed by atoms with Gasteiger partial charge in [-0.05, 0) is 57.5 Å². The van der Waals surface area contributed by atoms with Crippen LogP contribution in [0, 0.1) is 0 Å². The number of allylic oxidation sites excluding steroid dienone is 2. The van der Waals surface area contributed by atoms with E-state index in [-0.39, 0.29) is 0 Å². The Morgan fingerprint density at radius 2 is 2.26 bits per heavy atom. The van der Waals surface area contributed by atoms with Gasteiger partial charge in [-0.2, -0.15) is 0 Å². The fourth-order valence-electron chi connectivity index (χ4n) is 2.84. The Hall–Kier alpha value is -2.76. The van der Waals surface area contributed by atoms with Crippen LogP contribution in [-0.4, -0.2) is 27.8 Å². The number of hydrogen-bond acceptors (Lipinski definition) is 5. The highest BCUT2D eigenvalue weighted by Crippen LogP contribution is 2.23. The molecule has 0 aromatic carbocycles. The Kier molecular flexibility index (Phi) is 8.42. The lowest BCUT2D eigenvalue weighted by Crippen LogP contribution is -2.16. The Balaban J connectivity index is 1.97. The van der Waals surface area contributed by atoms with E-state index in [0.29, 0.717) is 12.7 Å². The van der Waals surface area contributed by atoms with Gasteiger partial charge in [0, 0.05) is 18.4 Å². The first-order valence-electron chi connectivity index (χ1n) is 9.53. The van der Waals surface area contributed by atoms with Crippen LogP contribution in [0.1, 0.15) is 46.1 Å². The van der Waals surface area contributed by atoms with Crippen molar-refractivity contribution in [1.29, 1.82) is 0 Å². The van der Waals surface area contributed by atoms with Crippen LogP contribution in [0.25, 0.3) is 11.5 Å². The first kappa shape index (κ1) is 20.6. The fraction of sp³-hybridized carbons (Fsp3) is 0.429. The average Bonchev–Trinajstić information content (AvgIpc) is 3.16. The van der Waals surface area contributed by atoms with Gasteiger partial charge in [-0.25, -0.2) is 9.97 Å². The lowest BCUT2D eigenvalue weighted by molar-refractivity contribution is 0.201. The van der Waals surface area contributed by atoms with E-state index < -0.39 is 0 Å². The summed E-state index contributed by atoms with van der Waals surface area (Å²) >= 11 is 0. The van der Waals surface area contributed by atoms with Crippen LogP contribution < -0.4 is 10.6 Å². The molecule has 0 saturated heterocycles. The van der Waals surface area contributed by atoms with E-state index in [1.165, 1.54) is 0 Å². The number of nitrogens with zero attached hydrogens (tertiary/aromatic N) is 3. The molecule has 0 unspecified atom stereocenters. The van der Waals surface area contributed by atoms with Crippen LogP contribution in [0.4, 0.5) is 5.82 Å². The molecule has 6 nitrogen and oxygen atoms in total. The molecule has 2 heterocycles. The minimum Gasteiger partial charge on any atom is -0.499 e. The minimum absolute atomic E-state index is 0.322. The standard InChI is InChI=1S/C21H31N5O/c1-5-9-18(4)27-15-8-10-17(3)26-14-13-23-21(26)19-11-7-12-20(25-19)24-16-22-6-2/h6-7,9,11-14,17,22H,2,5,8,10,15-16H2,1,3-4H3,(H,24,25)/b18-9+/t17-/m0/s1. The van der Waals surface area contributed by atoms with Crippen LogP contribution in [0.2, 0.25) is 0 Å². The summed E-state index contributed by atoms with van der Waals surface area (Å²) in [6, 6.07) is 6.23. The van der Waals surface area contributed by atoms with E-state index in [1.807, 2.05) is 37.5 Å². The molecule has 2 aromatic rings. The van der Waals surface area contributed by atoms with Crippen molar-refractivity contribution in [3.63, 3.8) is 0 Å². The third-order valence-corrected chi connectivity index (χ3v) is 4.23. The second-order valence-corrected chi connectivity index (χ2v) is 6.39. The topological polar surface area (TPSA) is 64.0 Å². The predicted molar refractivity (Wildman–Crippen MR) is 111 cm³/mol. The number of imidazole rings is 1. The number of hydrogen-bond donors (Lipinski definition) is 2. The molecule has 0 amide bonds. The highest BCUT2D eigenvalue weighted by atomic mass is 16.5. The second-order valence-electron chi connectivity index (χ2n) is 6.39. The highest BCUT2D eigenvalue weighted by molar-refractivity contribution is 5.54. The summed E-state index contributed by atoms with van der Waals surface area (Å²) in [5, 5.41) is 6.21. The Morgan fingerprint density at radius 3 is 3.04 bits per heavy atom. The van der Waals surface area contributed by atoms with Crippen LogP contribution in [0.3, 0.4) is 0 Å². The number of aromatic nitrogens is 3. The molecule has 0 fully saturated rings. The minimum atomic E-state index is 0.322. The molecular weight excluding hydrogens is 338 g/mol. The van der Waals surface area contributed by atoms with Crippen molar-refractivity contribution in [2.75, 3.05) is 18.6 Å². The number of rotatable bonds is 12. The van der Waals surface area contributed by atoms with Crippen molar-refractivity contribution in [3.8, 4) is 11.5 Å². The van der Waals surface area contributed by atoms with Gasteiger partial charge in [0.1, 0.15) is 11.5 Å². The maximum absolute atomic E-state index is 5.73. The third kappa shape index (κ3) is 6.47. The summed E-state index contributed by atoms with van der Waals surface area (Å²) in [7, 11) is 0. The van der Waals surface area contributed by atoms with Gasteiger partial charge in [-0.15, -0.1) is 0 Å². The number of nitrogens with one attached hydrogen (secondary N) is 2. The normalized spacial score (nSPS) is 12.5. The van der Waals surface area contributed by atoms with Gasteiger partial charge in [0.25, 0.3) is 0 Å². The number of anilines is 1. The summed E-state index contributed by atoms with van der Waals surface area (Å²) in [5.41, 5.74) is 0.855. The van der Waals surface area contributed by atoms with Gasteiger partial charge in [-0.1, -0.05) is 19.6 Å². The lowest BCUT2D eigenvalue weighted by atomic mass is 10.2. The third-order valence-electron chi connectivity index (χ3n) is 4.23. The predicted octanol–water partition coefficient (Wildman–Crippen LogP) is 4.72. The van der Waals surface area contributed by atoms with Crippen LogP contribution in [0.5, 0.6) is 0 Å². The molecule has 0 spiro atoms. The van der Waals surface area contributed by atoms with E-state index in [0.717, 1.165) is 49.0 Å². The van der Waals surface area contributed by atoms with Crippen molar-refractivity contribution in [3.05, 3.63) is 55.2 Å². The molecule has 2 N–H and O–H groups in total. The highest BCUT2D eigenvalue weighted by Gasteiger charge is 2.13. The lowest BCUT2D eigenvalue weighted by Gasteiger charge is -2.17. The van der Waals surface area contributed by atoms with Crippen LogP contribution >= 0.6 is 0 Å². The molecule has 6 heteroatoms. The van der Waals surface area contributed by atoms with Crippen LogP contribution in [0.15, 0.2) is 55.2 Å². The Bertz CT molecular complexity index is 738. The van der Waals surface area contributed by atoms with Crippen LogP contribution in [-0.2, 0) is 4.74 Å². The van der Waals surface area contributed by atoms with Gasteiger partial charge < -0.3 is 19.9 Å². The maximum atomic E-state index is 5.73. The quantitative estimate of drug-likeness (QED) is 0.322. The summed E-state index contributed by atoms with van der Waals surface area (Å²) in [6.45, 7) is 11.3. The SMILES string of the molecule is C=CNCNc1cccc(-c2nccn2[C@@H](C)CCCO/C(C)=C/CC)n1. The maximum Gasteiger partial charge on any atom is 0.158 e. The van der Waals surface area contributed by atoms with E-state index >= 15 is 0 Å². The van der Waals surface area contributed by atoms with Crippen molar-refractivity contribution in [2.45, 2.75) is 46.1 Å². The van der Waals surface area contributed by atoms with Crippen molar-refractivity contribution < 1.29 is 4.74 Å². The molecule has 2 rings (SSSR count). The van der Waals surface area contributed by atoms with Gasteiger partial charge in [0.05, 0.1) is 19.0 Å². The molecule has 27 heavy (non-hydrogen) atoms. The zero-order valence-electron chi connectivity index (χ0n) is 16.6. The van der Waals surface area contributed by atoms with Crippen molar-refractivity contribution >= 4 is 5.82 Å².